The first-order valence-electron chi connectivity index (χ1n) is 5.38. The molecule has 0 fully saturated rings. The van der Waals surface area contributed by atoms with E-state index in [0.29, 0.717) is 5.56 Å². The lowest BCUT2D eigenvalue weighted by atomic mass is 9.99. The van der Waals surface area contributed by atoms with Gasteiger partial charge in [0.25, 0.3) is 0 Å². The summed E-state index contributed by atoms with van der Waals surface area (Å²) in [6.07, 6.45) is -1.53. The van der Waals surface area contributed by atoms with Crippen LogP contribution in [0.2, 0.25) is 0 Å². The average Bonchev–Trinajstić information content (AvgIpc) is 2.31. The van der Waals surface area contributed by atoms with Crippen LogP contribution in [-0.4, -0.2) is 5.11 Å². The molecular weight excluding hydrogens is 241 g/mol. The zero-order valence-corrected chi connectivity index (χ0v) is 9.62. The summed E-state index contributed by atoms with van der Waals surface area (Å²) in [5.74, 6) is -2.10. The van der Waals surface area contributed by atoms with Crippen molar-refractivity contribution in [2.24, 2.45) is 0 Å². The Hall–Kier alpha value is -1.81. The Kier molecular flexibility index (Phi) is 3.39. The number of aryl methyl sites for hydroxylation is 1. The van der Waals surface area contributed by atoms with Crippen LogP contribution in [0.5, 0.6) is 0 Å². The van der Waals surface area contributed by atoms with Crippen LogP contribution in [0.3, 0.4) is 0 Å². The Labute approximate surface area is 103 Å². The van der Waals surface area contributed by atoms with Crippen molar-refractivity contribution in [1.82, 2.24) is 0 Å². The van der Waals surface area contributed by atoms with Crippen molar-refractivity contribution in [2.45, 2.75) is 13.0 Å². The Morgan fingerprint density at radius 2 is 1.61 bits per heavy atom. The van der Waals surface area contributed by atoms with Crippen molar-refractivity contribution in [3.05, 3.63) is 70.5 Å². The van der Waals surface area contributed by atoms with Crippen LogP contribution in [0, 0.1) is 24.4 Å². The Morgan fingerprint density at radius 1 is 0.889 bits per heavy atom. The highest BCUT2D eigenvalue weighted by atomic mass is 19.1. The third kappa shape index (κ3) is 2.38. The molecular formula is C14H11F3O. The molecule has 0 bridgehead atoms. The lowest BCUT2D eigenvalue weighted by Crippen LogP contribution is -2.05. The van der Waals surface area contributed by atoms with E-state index >= 15 is 0 Å². The molecule has 0 saturated carbocycles. The SMILES string of the molecule is Cc1ccc(C(O)c2cc(F)ccc2F)c(F)c1. The summed E-state index contributed by atoms with van der Waals surface area (Å²) in [5.41, 5.74) is 0.325. The molecule has 1 atom stereocenters. The molecule has 1 unspecified atom stereocenters. The molecule has 4 heteroatoms. The highest BCUT2D eigenvalue weighted by Gasteiger charge is 2.19. The fourth-order valence-electron chi connectivity index (χ4n) is 1.75. The van der Waals surface area contributed by atoms with E-state index in [0.717, 1.165) is 18.2 Å². The minimum absolute atomic E-state index is 0.0786. The molecule has 0 spiro atoms. The Balaban J connectivity index is 2.47. The number of hydrogen-bond donors (Lipinski definition) is 1. The van der Waals surface area contributed by atoms with Gasteiger partial charge in [-0.05, 0) is 36.8 Å². The molecule has 0 aliphatic heterocycles. The van der Waals surface area contributed by atoms with E-state index in [1.54, 1.807) is 13.0 Å². The van der Waals surface area contributed by atoms with E-state index in [1.807, 2.05) is 0 Å². The van der Waals surface area contributed by atoms with Gasteiger partial charge in [-0.15, -0.1) is 0 Å². The smallest absolute Gasteiger partial charge is 0.129 e. The monoisotopic (exact) mass is 252 g/mol. The van der Waals surface area contributed by atoms with Crippen LogP contribution in [0.1, 0.15) is 22.8 Å². The predicted molar refractivity (Wildman–Crippen MR) is 61.6 cm³/mol. The van der Waals surface area contributed by atoms with E-state index in [-0.39, 0.29) is 11.1 Å². The second-order valence-corrected chi connectivity index (χ2v) is 4.09. The van der Waals surface area contributed by atoms with Gasteiger partial charge in [-0.3, -0.25) is 0 Å². The Morgan fingerprint density at radius 3 is 2.28 bits per heavy atom. The lowest BCUT2D eigenvalue weighted by Gasteiger charge is -2.13. The molecule has 18 heavy (non-hydrogen) atoms. The second kappa shape index (κ2) is 4.82. The summed E-state index contributed by atoms with van der Waals surface area (Å²) in [4.78, 5) is 0. The van der Waals surface area contributed by atoms with Crippen molar-refractivity contribution in [3.63, 3.8) is 0 Å². The van der Waals surface area contributed by atoms with Crippen molar-refractivity contribution >= 4 is 0 Å². The zero-order valence-electron chi connectivity index (χ0n) is 9.62. The predicted octanol–water partition coefficient (Wildman–Crippen LogP) is 3.49. The highest BCUT2D eigenvalue weighted by molar-refractivity contribution is 5.33. The maximum Gasteiger partial charge on any atom is 0.129 e. The van der Waals surface area contributed by atoms with Crippen LogP contribution in [0.4, 0.5) is 13.2 Å². The van der Waals surface area contributed by atoms with Gasteiger partial charge in [-0.25, -0.2) is 13.2 Å². The molecule has 1 nitrogen and oxygen atoms in total. The van der Waals surface area contributed by atoms with Gasteiger partial charge in [0.15, 0.2) is 0 Å². The third-order valence-corrected chi connectivity index (χ3v) is 2.70. The molecule has 0 aromatic heterocycles. The van der Waals surface area contributed by atoms with E-state index in [1.165, 1.54) is 12.1 Å². The quantitative estimate of drug-likeness (QED) is 0.867. The van der Waals surface area contributed by atoms with Gasteiger partial charge < -0.3 is 5.11 Å². The number of aliphatic hydroxyl groups is 1. The molecule has 2 aromatic rings. The fraction of sp³-hybridized carbons (Fsp3) is 0.143. The minimum atomic E-state index is -1.53. The standard InChI is InChI=1S/C14H11F3O/c1-8-2-4-10(13(17)6-8)14(18)11-7-9(15)3-5-12(11)16/h2-7,14,18H,1H3. The Bertz CT molecular complexity index is 581. The molecule has 0 heterocycles. The number of hydrogen-bond acceptors (Lipinski definition) is 1. The first-order valence-corrected chi connectivity index (χ1v) is 5.38. The first kappa shape index (κ1) is 12.6. The number of aliphatic hydroxyl groups excluding tert-OH is 1. The van der Waals surface area contributed by atoms with Crippen molar-refractivity contribution in [2.75, 3.05) is 0 Å². The maximum absolute atomic E-state index is 13.6. The fourth-order valence-corrected chi connectivity index (χ4v) is 1.75. The van der Waals surface area contributed by atoms with Gasteiger partial charge in [0.1, 0.15) is 23.6 Å². The highest BCUT2D eigenvalue weighted by Crippen LogP contribution is 2.27. The summed E-state index contributed by atoms with van der Waals surface area (Å²) < 4.78 is 40.1. The van der Waals surface area contributed by atoms with E-state index in [2.05, 4.69) is 0 Å². The van der Waals surface area contributed by atoms with Gasteiger partial charge in [0, 0.05) is 11.1 Å². The molecule has 1 N–H and O–H groups in total. The van der Waals surface area contributed by atoms with E-state index < -0.39 is 23.6 Å². The van der Waals surface area contributed by atoms with Gasteiger partial charge in [0.05, 0.1) is 0 Å². The lowest BCUT2D eigenvalue weighted by molar-refractivity contribution is 0.209. The van der Waals surface area contributed by atoms with E-state index in [4.69, 9.17) is 0 Å². The van der Waals surface area contributed by atoms with Gasteiger partial charge >= 0.3 is 0 Å². The molecule has 0 amide bonds. The largest absolute Gasteiger partial charge is 0.383 e. The van der Waals surface area contributed by atoms with Crippen molar-refractivity contribution in [3.8, 4) is 0 Å². The van der Waals surface area contributed by atoms with Crippen LogP contribution in [-0.2, 0) is 0 Å². The zero-order chi connectivity index (χ0) is 13.3. The summed E-state index contributed by atoms with van der Waals surface area (Å²) in [6.45, 7) is 1.70. The number of halogens is 3. The molecule has 2 aromatic carbocycles. The third-order valence-electron chi connectivity index (χ3n) is 2.70. The molecule has 0 radical (unpaired) electrons. The second-order valence-electron chi connectivity index (χ2n) is 4.09. The topological polar surface area (TPSA) is 20.2 Å². The molecule has 0 saturated heterocycles. The van der Waals surface area contributed by atoms with Crippen LogP contribution in [0.25, 0.3) is 0 Å². The van der Waals surface area contributed by atoms with Crippen LogP contribution >= 0.6 is 0 Å². The number of rotatable bonds is 2. The van der Waals surface area contributed by atoms with Crippen molar-refractivity contribution < 1.29 is 18.3 Å². The summed E-state index contributed by atoms with van der Waals surface area (Å²) in [7, 11) is 0. The van der Waals surface area contributed by atoms with Crippen LogP contribution < -0.4 is 0 Å². The molecule has 0 aliphatic carbocycles. The molecule has 94 valence electrons. The minimum Gasteiger partial charge on any atom is -0.383 e. The average molecular weight is 252 g/mol. The maximum atomic E-state index is 13.6. The number of benzene rings is 2. The van der Waals surface area contributed by atoms with Crippen LogP contribution in [0.15, 0.2) is 36.4 Å². The molecule has 0 aliphatic rings. The molecule has 2 rings (SSSR count). The normalized spacial score (nSPS) is 12.5. The first-order chi connectivity index (χ1) is 8.49. The van der Waals surface area contributed by atoms with Gasteiger partial charge in [-0.1, -0.05) is 12.1 Å². The van der Waals surface area contributed by atoms with E-state index in [9.17, 15) is 18.3 Å². The van der Waals surface area contributed by atoms with Crippen molar-refractivity contribution in [1.29, 1.82) is 0 Å². The summed E-state index contributed by atoms with van der Waals surface area (Å²) in [5, 5.41) is 9.92. The summed E-state index contributed by atoms with van der Waals surface area (Å²) >= 11 is 0. The van der Waals surface area contributed by atoms with Gasteiger partial charge in [-0.2, -0.15) is 0 Å². The summed E-state index contributed by atoms with van der Waals surface area (Å²) in [6, 6.07) is 6.89. The van der Waals surface area contributed by atoms with Gasteiger partial charge in [0.2, 0.25) is 0 Å².